The Hall–Kier alpha value is -3.93. The lowest BCUT2D eigenvalue weighted by Gasteiger charge is -2.09. The fourth-order valence-electron chi connectivity index (χ4n) is 4.45. The van der Waals surface area contributed by atoms with Gasteiger partial charge < -0.3 is 14.3 Å². The van der Waals surface area contributed by atoms with Gasteiger partial charge in [-0.3, -0.25) is 9.97 Å². The van der Waals surface area contributed by atoms with Crippen molar-refractivity contribution < 1.29 is 4.74 Å². The molecule has 6 rings (SSSR count). The topological polar surface area (TPSA) is 68.6 Å². The van der Waals surface area contributed by atoms with E-state index in [-0.39, 0.29) is 0 Å². The van der Waals surface area contributed by atoms with Gasteiger partial charge in [0, 0.05) is 51.9 Å². The van der Waals surface area contributed by atoms with Crippen LogP contribution in [0.2, 0.25) is 0 Å². The molecule has 0 amide bonds. The molecule has 0 saturated heterocycles. The van der Waals surface area contributed by atoms with Crippen LogP contribution in [0.15, 0.2) is 61.1 Å². The van der Waals surface area contributed by atoms with Gasteiger partial charge in [-0.2, -0.15) is 0 Å². The molecular formula is C25H21N5O. The van der Waals surface area contributed by atoms with Crippen LogP contribution in [0.1, 0.15) is 19.9 Å². The maximum Gasteiger partial charge on any atom is 0.140 e. The second kappa shape index (κ2) is 6.54. The van der Waals surface area contributed by atoms with Crippen LogP contribution in [0.5, 0.6) is 5.75 Å². The number of nitrogens with one attached hydrogen (secondary N) is 1. The Balaban J connectivity index is 1.73. The molecule has 1 N–H and O–H groups in total. The van der Waals surface area contributed by atoms with Crippen molar-refractivity contribution in [1.82, 2.24) is 24.5 Å². The second-order valence-corrected chi connectivity index (χ2v) is 8.04. The van der Waals surface area contributed by atoms with Crippen LogP contribution < -0.4 is 4.74 Å². The van der Waals surface area contributed by atoms with Gasteiger partial charge in [0.2, 0.25) is 0 Å². The van der Waals surface area contributed by atoms with E-state index in [0.29, 0.717) is 6.04 Å². The van der Waals surface area contributed by atoms with E-state index in [1.54, 1.807) is 13.3 Å². The highest BCUT2D eigenvalue weighted by atomic mass is 16.5. The van der Waals surface area contributed by atoms with E-state index >= 15 is 0 Å². The van der Waals surface area contributed by atoms with Crippen LogP contribution in [0, 0.1) is 0 Å². The minimum absolute atomic E-state index is 0.323. The number of aromatic nitrogens is 5. The molecule has 0 radical (unpaired) electrons. The first-order chi connectivity index (χ1) is 15.2. The van der Waals surface area contributed by atoms with E-state index in [1.165, 1.54) is 0 Å². The van der Waals surface area contributed by atoms with Gasteiger partial charge in [0.1, 0.15) is 11.6 Å². The van der Waals surface area contributed by atoms with Gasteiger partial charge in [-0.05, 0) is 56.3 Å². The number of aromatic amines is 1. The number of rotatable bonds is 3. The summed E-state index contributed by atoms with van der Waals surface area (Å²) in [5, 5.41) is 3.13. The first-order valence-electron chi connectivity index (χ1n) is 10.4. The summed E-state index contributed by atoms with van der Waals surface area (Å²) in [5.41, 5.74) is 5.85. The SMILES string of the molecule is COc1ccc2c(c1)c(-c1nc3c4cccnc4c4ncccc4c3[nH]1)cn2C(C)C. The lowest BCUT2D eigenvalue weighted by atomic mass is 10.1. The van der Waals surface area contributed by atoms with Crippen LogP contribution >= 0.6 is 0 Å². The molecule has 152 valence electrons. The molecule has 31 heavy (non-hydrogen) atoms. The number of benzene rings is 2. The first-order valence-corrected chi connectivity index (χ1v) is 10.4. The van der Waals surface area contributed by atoms with Gasteiger partial charge >= 0.3 is 0 Å². The summed E-state index contributed by atoms with van der Waals surface area (Å²) in [7, 11) is 1.69. The number of fused-ring (bicyclic) bond motifs is 7. The highest BCUT2D eigenvalue weighted by Crippen LogP contribution is 2.37. The number of pyridine rings is 2. The third-order valence-corrected chi connectivity index (χ3v) is 5.92. The van der Waals surface area contributed by atoms with Crippen molar-refractivity contribution in [3.63, 3.8) is 0 Å². The standard InChI is InChI=1S/C25H21N5O/c1-14(2)30-13-19(18-12-15(31-3)8-9-20(18)30)25-28-23-16-6-4-10-26-21(16)22-17(24(23)29-25)7-5-11-27-22/h4-14H,1-3H3,(H,28,29). The third kappa shape index (κ3) is 2.54. The highest BCUT2D eigenvalue weighted by molar-refractivity contribution is 6.21. The molecule has 4 aromatic heterocycles. The van der Waals surface area contributed by atoms with Gasteiger partial charge in [0.05, 0.1) is 29.2 Å². The fourth-order valence-corrected chi connectivity index (χ4v) is 4.45. The predicted molar refractivity (Wildman–Crippen MR) is 125 cm³/mol. The van der Waals surface area contributed by atoms with E-state index in [4.69, 9.17) is 9.72 Å². The van der Waals surface area contributed by atoms with Crippen molar-refractivity contribution >= 4 is 43.7 Å². The summed E-state index contributed by atoms with van der Waals surface area (Å²) in [4.78, 5) is 17.9. The van der Waals surface area contributed by atoms with E-state index in [0.717, 1.165) is 60.9 Å². The van der Waals surface area contributed by atoms with Gasteiger partial charge in [0.15, 0.2) is 0 Å². The minimum Gasteiger partial charge on any atom is -0.497 e. The summed E-state index contributed by atoms with van der Waals surface area (Å²) in [6, 6.07) is 14.5. The molecule has 0 saturated carbocycles. The Kier molecular flexibility index (Phi) is 3.77. The van der Waals surface area contributed by atoms with Gasteiger partial charge in [-0.1, -0.05) is 0 Å². The zero-order valence-electron chi connectivity index (χ0n) is 17.5. The fraction of sp³-hybridized carbons (Fsp3) is 0.160. The van der Waals surface area contributed by atoms with Crippen LogP contribution in [-0.2, 0) is 0 Å². The number of hydrogen-bond acceptors (Lipinski definition) is 4. The summed E-state index contributed by atoms with van der Waals surface area (Å²) in [6.45, 7) is 4.37. The predicted octanol–water partition coefficient (Wildman–Crippen LogP) is 5.87. The molecule has 6 nitrogen and oxygen atoms in total. The molecule has 0 bridgehead atoms. The molecule has 0 aliphatic rings. The van der Waals surface area contributed by atoms with Crippen molar-refractivity contribution in [3.8, 4) is 17.1 Å². The maximum atomic E-state index is 5.50. The van der Waals surface area contributed by atoms with Crippen LogP contribution in [0.25, 0.3) is 55.1 Å². The lowest BCUT2D eigenvalue weighted by molar-refractivity contribution is 0.415. The molecular weight excluding hydrogens is 386 g/mol. The van der Waals surface area contributed by atoms with Crippen molar-refractivity contribution in [2.24, 2.45) is 0 Å². The number of nitrogens with zero attached hydrogens (tertiary/aromatic N) is 4. The van der Waals surface area contributed by atoms with Crippen molar-refractivity contribution in [3.05, 3.63) is 61.1 Å². The molecule has 6 heteroatoms. The third-order valence-electron chi connectivity index (χ3n) is 5.92. The average Bonchev–Trinajstić information content (AvgIpc) is 3.41. The van der Waals surface area contributed by atoms with E-state index in [9.17, 15) is 0 Å². The second-order valence-electron chi connectivity index (χ2n) is 8.04. The molecule has 2 aromatic carbocycles. The number of imidazole rings is 1. The van der Waals surface area contributed by atoms with Gasteiger partial charge in [-0.15, -0.1) is 0 Å². The zero-order valence-corrected chi connectivity index (χ0v) is 17.5. The quantitative estimate of drug-likeness (QED) is 0.373. The zero-order chi connectivity index (χ0) is 21.1. The normalized spacial score (nSPS) is 12.0. The Labute approximate surface area is 178 Å². The Morgan fingerprint density at radius 3 is 2.39 bits per heavy atom. The van der Waals surface area contributed by atoms with Crippen LogP contribution in [0.4, 0.5) is 0 Å². The monoisotopic (exact) mass is 407 g/mol. The van der Waals surface area contributed by atoms with Crippen LogP contribution in [-0.4, -0.2) is 31.6 Å². The summed E-state index contributed by atoms with van der Waals surface area (Å²) < 4.78 is 7.78. The Bertz CT molecular complexity index is 1540. The lowest BCUT2D eigenvalue weighted by Crippen LogP contribution is -1.97. The Morgan fingerprint density at radius 1 is 0.903 bits per heavy atom. The molecule has 4 heterocycles. The first kappa shape index (κ1) is 17.9. The highest BCUT2D eigenvalue weighted by Gasteiger charge is 2.19. The average molecular weight is 407 g/mol. The van der Waals surface area contributed by atoms with E-state index < -0.39 is 0 Å². The number of H-pyrrole nitrogens is 1. The summed E-state index contributed by atoms with van der Waals surface area (Å²) >= 11 is 0. The molecule has 0 atom stereocenters. The smallest absolute Gasteiger partial charge is 0.140 e. The summed E-state index contributed by atoms with van der Waals surface area (Å²) in [5.74, 6) is 1.66. The van der Waals surface area contributed by atoms with Crippen molar-refractivity contribution in [2.45, 2.75) is 19.9 Å². The Morgan fingerprint density at radius 2 is 1.65 bits per heavy atom. The molecule has 0 spiro atoms. The van der Waals surface area contributed by atoms with Gasteiger partial charge in [-0.25, -0.2) is 4.98 Å². The molecule has 0 aliphatic heterocycles. The number of hydrogen-bond donors (Lipinski definition) is 1. The molecule has 6 aromatic rings. The van der Waals surface area contributed by atoms with E-state index in [2.05, 4.69) is 63.8 Å². The molecule has 0 aliphatic carbocycles. The largest absolute Gasteiger partial charge is 0.497 e. The van der Waals surface area contributed by atoms with Crippen molar-refractivity contribution in [2.75, 3.05) is 7.11 Å². The number of ether oxygens (including phenoxy) is 1. The van der Waals surface area contributed by atoms with Crippen LogP contribution in [0.3, 0.4) is 0 Å². The summed E-state index contributed by atoms with van der Waals surface area (Å²) in [6.07, 6.45) is 5.79. The van der Waals surface area contributed by atoms with Gasteiger partial charge in [0.25, 0.3) is 0 Å². The molecule has 0 fully saturated rings. The van der Waals surface area contributed by atoms with Crippen molar-refractivity contribution in [1.29, 1.82) is 0 Å². The molecule has 0 unspecified atom stereocenters. The maximum absolute atomic E-state index is 5.50. The van der Waals surface area contributed by atoms with E-state index in [1.807, 2.05) is 24.4 Å². The minimum atomic E-state index is 0.323. The number of methoxy groups -OCH3 is 1.